The van der Waals surface area contributed by atoms with E-state index in [4.69, 9.17) is 0 Å². The number of halogens is 2. The smallest absolute Gasteiger partial charge is 0.129 e. The van der Waals surface area contributed by atoms with Crippen LogP contribution in [0.2, 0.25) is 0 Å². The Morgan fingerprint density at radius 3 is 2.69 bits per heavy atom. The summed E-state index contributed by atoms with van der Waals surface area (Å²) in [6, 6.07) is 4.85. The number of rotatable bonds is 3. The first-order valence-electron chi connectivity index (χ1n) is 5.84. The first-order valence-corrected chi connectivity index (χ1v) is 5.84. The normalized spacial score (nSPS) is 17.6. The van der Waals surface area contributed by atoms with Crippen LogP contribution in [0.3, 0.4) is 0 Å². The van der Waals surface area contributed by atoms with Crippen molar-refractivity contribution < 1.29 is 8.78 Å². The van der Waals surface area contributed by atoms with Gasteiger partial charge in [-0.1, -0.05) is 12.1 Å². The van der Waals surface area contributed by atoms with Crippen LogP contribution in [0.4, 0.5) is 8.78 Å². The zero-order chi connectivity index (χ0) is 11.4. The molecule has 2 rings (SSSR count). The van der Waals surface area contributed by atoms with Crippen molar-refractivity contribution in [3.63, 3.8) is 0 Å². The lowest BCUT2D eigenvalue weighted by Gasteiger charge is -2.23. The molecule has 1 N–H and O–H groups in total. The van der Waals surface area contributed by atoms with Gasteiger partial charge in [-0.2, -0.15) is 0 Å². The summed E-state index contributed by atoms with van der Waals surface area (Å²) in [4.78, 5) is 0. The minimum atomic E-state index is -0.701. The Morgan fingerprint density at radius 1 is 1.25 bits per heavy atom. The van der Waals surface area contributed by atoms with E-state index in [0.717, 1.165) is 37.9 Å². The number of piperidine rings is 1. The van der Waals surface area contributed by atoms with Crippen molar-refractivity contribution in [2.75, 3.05) is 13.1 Å². The molecule has 1 aliphatic rings. The third-order valence-electron chi connectivity index (χ3n) is 3.32. The Labute approximate surface area is 94.9 Å². The van der Waals surface area contributed by atoms with E-state index < -0.39 is 12.5 Å². The second-order valence-corrected chi connectivity index (χ2v) is 4.41. The lowest BCUT2D eigenvalue weighted by Crippen LogP contribution is -2.28. The average Bonchev–Trinajstić information content (AvgIpc) is 2.31. The fourth-order valence-corrected chi connectivity index (χ4v) is 2.34. The molecule has 1 saturated heterocycles. The molecule has 3 heteroatoms. The molecule has 0 atom stereocenters. The van der Waals surface area contributed by atoms with Crippen LogP contribution in [0.5, 0.6) is 0 Å². The van der Waals surface area contributed by atoms with E-state index in [0.29, 0.717) is 5.92 Å². The minimum Gasteiger partial charge on any atom is -0.317 e. The highest BCUT2D eigenvalue weighted by Crippen LogP contribution is 2.22. The van der Waals surface area contributed by atoms with Gasteiger partial charge in [0.25, 0.3) is 0 Å². The number of hydrogen-bond donors (Lipinski definition) is 1. The highest BCUT2D eigenvalue weighted by Gasteiger charge is 2.16. The SMILES string of the molecule is FCc1c(F)cccc1CC1CCNCC1. The van der Waals surface area contributed by atoms with Gasteiger partial charge in [-0.15, -0.1) is 0 Å². The van der Waals surface area contributed by atoms with Gasteiger partial charge in [-0.25, -0.2) is 8.78 Å². The van der Waals surface area contributed by atoms with Crippen molar-refractivity contribution in [1.29, 1.82) is 0 Å². The molecule has 1 aromatic rings. The Bertz CT molecular complexity index is 346. The summed E-state index contributed by atoms with van der Waals surface area (Å²) >= 11 is 0. The van der Waals surface area contributed by atoms with Crippen molar-refractivity contribution in [2.24, 2.45) is 5.92 Å². The van der Waals surface area contributed by atoms with Gasteiger partial charge < -0.3 is 5.32 Å². The Morgan fingerprint density at radius 2 is 2.00 bits per heavy atom. The van der Waals surface area contributed by atoms with Crippen molar-refractivity contribution in [3.05, 3.63) is 35.1 Å². The predicted molar refractivity (Wildman–Crippen MR) is 60.5 cm³/mol. The molecule has 1 nitrogen and oxygen atoms in total. The van der Waals surface area contributed by atoms with Gasteiger partial charge in [0.05, 0.1) is 0 Å². The zero-order valence-corrected chi connectivity index (χ0v) is 9.31. The number of hydrogen-bond acceptors (Lipinski definition) is 1. The molecule has 0 aliphatic carbocycles. The van der Waals surface area contributed by atoms with Gasteiger partial charge in [0, 0.05) is 5.56 Å². The topological polar surface area (TPSA) is 12.0 Å². The first-order chi connectivity index (χ1) is 7.81. The van der Waals surface area contributed by atoms with E-state index >= 15 is 0 Å². The first kappa shape index (κ1) is 11.5. The van der Waals surface area contributed by atoms with Crippen LogP contribution in [0.1, 0.15) is 24.0 Å². The van der Waals surface area contributed by atoms with Crippen molar-refractivity contribution in [2.45, 2.75) is 25.9 Å². The summed E-state index contributed by atoms with van der Waals surface area (Å²) in [5.41, 5.74) is 1.09. The number of alkyl halides is 1. The molecular weight excluding hydrogens is 208 g/mol. The lowest BCUT2D eigenvalue weighted by atomic mass is 9.89. The highest BCUT2D eigenvalue weighted by molar-refractivity contribution is 5.28. The fourth-order valence-electron chi connectivity index (χ4n) is 2.34. The molecule has 1 aliphatic heterocycles. The molecule has 0 radical (unpaired) electrons. The molecule has 0 aromatic heterocycles. The van der Waals surface area contributed by atoms with Crippen LogP contribution < -0.4 is 5.32 Å². The van der Waals surface area contributed by atoms with E-state index in [1.807, 2.05) is 6.07 Å². The van der Waals surface area contributed by atoms with Gasteiger partial charge in [-0.05, 0) is 49.9 Å². The largest absolute Gasteiger partial charge is 0.317 e. The van der Waals surface area contributed by atoms with Crippen molar-refractivity contribution in [1.82, 2.24) is 5.32 Å². The molecule has 0 unspecified atom stereocenters. The molecule has 0 bridgehead atoms. The maximum absolute atomic E-state index is 13.4. The van der Waals surface area contributed by atoms with E-state index in [9.17, 15) is 8.78 Å². The molecule has 0 saturated carbocycles. The molecule has 88 valence electrons. The average molecular weight is 225 g/mol. The van der Waals surface area contributed by atoms with Crippen LogP contribution >= 0.6 is 0 Å². The Kier molecular flexibility index (Phi) is 3.88. The third kappa shape index (κ3) is 2.59. The van der Waals surface area contributed by atoms with Crippen LogP contribution in [-0.2, 0) is 13.1 Å². The van der Waals surface area contributed by atoms with Gasteiger partial charge >= 0.3 is 0 Å². The summed E-state index contributed by atoms with van der Waals surface area (Å²) in [6.07, 6.45) is 3.00. The van der Waals surface area contributed by atoms with E-state index in [1.54, 1.807) is 6.07 Å². The maximum Gasteiger partial charge on any atom is 0.129 e. The molecule has 16 heavy (non-hydrogen) atoms. The Hall–Kier alpha value is -0.960. The molecular formula is C13H17F2N. The lowest BCUT2D eigenvalue weighted by molar-refractivity contribution is 0.368. The fraction of sp³-hybridized carbons (Fsp3) is 0.538. The summed E-state index contributed by atoms with van der Waals surface area (Å²) in [5.74, 6) is 0.155. The van der Waals surface area contributed by atoms with Gasteiger partial charge in [0.1, 0.15) is 12.5 Å². The van der Waals surface area contributed by atoms with Crippen molar-refractivity contribution in [3.8, 4) is 0 Å². The number of nitrogens with one attached hydrogen (secondary N) is 1. The van der Waals surface area contributed by atoms with E-state index in [1.165, 1.54) is 6.07 Å². The standard InChI is InChI=1S/C13H17F2N/c14-9-12-11(2-1-3-13(12)15)8-10-4-6-16-7-5-10/h1-3,10,16H,4-9H2. The predicted octanol–water partition coefficient (Wildman–Crippen LogP) is 2.84. The van der Waals surface area contributed by atoms with Crippen LogP contribution in [-0.4, -0.2) is 13.1 Å². The third-order valence-corrected chi connectivity index (χ3v) is 3.32. The summed E-state index contributed by atoms with van der Waals surface area (Å²) in [7, 11) is 0. The quantitative estimate of drug-likeness (QED) is 0.834. The Balaban J connectivity index is 2.10. The molecule has 0 amide bonds. The van der Waals surface area contributed by atoms with Crippen LogP contribution in [0, 0.1) is 11.7 Å². The van der Waals surface area contributed by atoms with Crippen LogP contribution in [0.15, 0.2) is 18.2 Å². The zero-order valence-electron chi connectivity index (χ0n) is 9.31. The monoisotopic (exact) mass is 225 g/mol. The van der Waals surface area contributed by atoms with E-state index in [-0.39, 0.29) is 5.56 Å². The van der Waals surface area contributed by atoms with Crippen LogP contribution in [0.25, 0.3) is 0 Å². The molecule has 1 fully saturated rings. The minimum absolute atomic E-state index is 0.251. The van der Waals surface area contributed by atoms with Gasteiger partial charge in [0.15, 0.2) is 0 Å². The summed E-state index contributed by atoms with van der Waals surface area (Å²) in [6.45, 7) is 1.34. The highest BCUT2D eigenvalue weighted by atomic mass is 19.1. The second-order valence-electron chi connectivity index (χ2n) is 4.41. The van der Waals surface area contributed by atoms with Crippen molar-refractivity contribution >= 4 is 0 Å². The summed E-state index contributed by atoms with van der Waals surface area (Å²) < 4.78 is 26.1. The molecule has 1 heterocycles. The molecule has 1 aromatic carbocycles. The maximum atomic E-state index is 13.4. The van der Waals surface area contributed by atoms with E-state index in [2.05, 4.69) is 5.32 Å². The summed E-state index contributed by atoms with van der Waals surface area (Å²) in [5, 5.41) is 3.29. The second kappa shape index (κ2) is 5.39. The number of benzene rings is 1. The van der Waals surface area contributed by atoms with Gasteiger partial charge in [0.2, 0.25) is 0 Å². The van der Waals surface area contributed by atoms with Gasteiger partial charge in [-0.3, -0.25) is 0 Å². The molecule has 0 spiro atoms.